The Kier molecular flexibility index (Phi) is 21.7. The zero-order chi connectivity index (χ0) is 61.7. The first kappa shape index (κ1) is 63.8. The van der Waals surface area contributed by atoms with Crippen molar-refractivity contribution in [3.8, 4) is 23.3 Å². The molecule has 5 aliphatic heterocycles. The summed E-state index contributed by atoms with van der Waals surface area (Å²) in [6, 6.07) is 27.5. The summed E-state index contributed by atoms with van der Waals surface area (Å²) in [7, 11) is 2.10. The number of rotatable bonds is 22. The Balaban J connectivity index is 0.00000164. The zero-order valence-electron chi connectivity index (χ0n) is 51.5. The molecule has 4 fully saturated rings. The minimum Gasteiger partial charge on any atom is -0.462 e. The lowest BCUT2D eigenvalue weighted by Gasteiger charge is -2.41. The predicted octanol–water partition coefficient (Wildman–Crippen LogP) is 8.87. The lowest BCUT2D eigenvalue weighted by molar-refractivity contribution is -0.106. The van der Waals surface area contributed by atoms with Gasteiger partial charge in [0, 0.05) is 105 Å². The number of benzene rings is 3. The fourth-order valence-electron chi connectivity index (χ4n) is 12.3. The summed E-state index contributed by atoms with van der Waals surface area (Å²) in [5.41, 5.74) is 5.62. The number of ether oxygens (including phenoxy) is 5. The number of piperazine rings is 1. The lowest BCUT2D eigenvalue weighted by Crippen LogP contribution is -2.52. The summed E-state index contributed by atoms with van der Waals surface area (Å²) in [5.74, 6) is 1.34. The number of nitrogens with one attached hydrogen (secondary N) is 1. The molecule has 11 rings (SSSR count). The maximum Gasteiger partial charge on any atom is 0.318 e. The highest BCUT2D eigenvalue weighted by Crippen LogP contribution is 2.38. The van der Waals surface area contributed by atoms with Gasteiger partial charge < -0.3 is 48.6 Å². The van der Waals surface area contributed by atoms with Gasteiger partial charge in [-0.25, -0.2) is 9.37 Å². The first-order chi connectivity index (χ1) is 42.7. The SMILES string of the molecule is C=C(F)C=O.CC1COCCN1c1nc(N2CCOC[C@H]2C)c2ccc(-c3cccc(C(=O)NCCOCCCOC(C)(C)CCN4CCCC4COc4nc5c(c(N6CCN(C)C(CC#N)C6)n4)CCN(c4cccc6cccc(Cl)c46)C5)c3)nc2n1. The van der Waals surface area contributed by atoms with E-state index in [-0.39, 0.29) is 42.0 Å². The second kappa shape index (κ2) is 29.9. The third-order valence-electron chi connectivity index (χ3n) is 17.3. The van der Waals surface area contributed by atoms with E-state index < -0.39 is 5.83 Å². The molecular formula is C66H83ClFN13O7. The normalized spacial score (nSPS) is 20.1. The van der Waals surface area contributed by atoms with Crippen LogP contribution in [0.4, 0.5) is 27.7 Å². The highest BCUT2D eigenvalue weighted by Gasteiger charge is 2.34. The van der Waals surface area contributed by atoms with Crippen LogP contribution in [-0.4, -0.2) is 195 Å². The summed E-state index contributed by atoms with van der Waals surface area (Å²) < 4.78 is 41.4. The summed E-state index contributed by atoms with van der Waals surface area (Å²) in [5, 5.41) is 16.5. The van der Waals surface area contributed by atoms with E-state index >= 15 is 0 Å². The molecule has 88 heavy (non-hydrogen) atoms. The zero-order valence-corrected chi connectivity index (χ0v) is 52.2. The minimum absolute atomic E-state index is 0.0556. The fourth-order valence-corrected chi connectivity index (χ4v) is 12.6. The number of likely N-dealkylation sites (tertiary alicyclic amines) is 1. The number of carbonyl (C=O) groups is 2. The van der Waals surface area contributed by atoms with Crippen molar-refractivity contribution < 1.29 is 37.7 Å². The number of aromatic nitrogens is 5. The summed E-state index contributed by atoms with van der Waals surface area (Å²) >= 11 is 6.83. The number of aldehydes is 1. The van der Waals surface area contributed by atoms with Crippen molar-refractivity contribution in [1.82, 2.24) is 40.0 Å². The number of nitrogens with zero attached hydrogens (tertiary/aromatic N) is 12. The van der Waals surface area contributed by atoms with Crippen LogP contribution in [0.25, 0.3) is 33.1 Å². The summed E-state index contributed by atoms with van der Waals surface area (Å²) in [4.78, 5) is 62.0. The van der Waals surface area contributed by atoms with Gasteiger partial charge in [-0.1, -0.05) is 54.6 Å². The number of anilines is 4. The largest absolute Gasteiger partial charge is 0.462 e. The van der Waals surface area contributed by atoms with Crippen LogP contribution in [-0.2, 0) is 36.7 Å². The van der Waals surface area contributed by atoms with E-state index in [1.807, 2.05) is 48.5 Å². The van der Waals surface area contributed by atoms with Gasteiger partial charge in [-0.3, -0.25) is 19.4 Å². The molecule has 468 valence electrons. The van der Waals surface area contributed by atoms with Crippen molar-refractivity contribution in [2.45, 2.75) is 103 Å². The van der Waals surface area contributed by atoms with Crippen molar-refractivity contribution in [2.75, 3.05) is 138 Å². The molecule has 1 amide bonds. The average Bonchev–Trinajstić information content (AvgIpc) is 1.00. The van der Waals surface area contributed by atoms with Gasteiger partial charge in [-0.2, -0.15) is 25.2 Å². The van der Waals surface area contributed by atoms with E-state index in [2.05, 4.69) is 106 Å². The Morgan fingerprint density at radius 2 is 1.66 bits per heavy atom. The summed E-state index contributed by atoms with van der Waals surface area (Å²) in [6.07, 6.45) is 5.07. The minimum atomic E-state index is -0.926. The standard InChI is InChI=1S/C63H80ClN13O6.C3H3FO/c1-43-40-80-35-30-76(43)59-51-18-19-53(67-57(51)69-61(70-59)77-31-36-81-41-44(77)2)46-13-6-14-47(37-46)60(78)66-24-34-79-32-10-33-83-63(3,4)22-27-73-25-9-15-49(73)42-82-62-68-54-39-74(55-17-8-12-45-11-7-16-52(64)56(45)55)26-21-50(54)58(71-62)75-29-28-72(5)48(38-75)20-23-65;1-3(4)2-5/h6-8,11-14,16-19,37,43-44,48-49H,9-10,15,20-22,24-36,38-42H2,1-5H3,(H,66,78);2H,1H2/t43-,44?,48?,49?;/m1./s1. The second-order valence-corrected chi connectivity index (χ2v) is 24.4. The van der Waals surface area contributed by atoms with Crippen LogP contribution in [0.3, 0.4) is 0 Å². The number of hydrogen-bond acceptors (Lipinski definition) is 19. The molecule has 0 radical (unpaired) electrons. The molecule has 0 spiro atoms. The molecule has 6 aromatic rings. The molecule has 0 saturated carbocycles. The first-order valence-electron chi connectivity index (χ1n) is 30.9. The quantitative estimate of drug-likeness (QED) is 0.0383. The number of hydrogen-bond donors (Lipinski definition) is 1. The molecule has 3 aromatic carbocycles. The third kappa shape index (κ3) is 15.8. The smallest absolute Gasteiger partial charge is 0.318 e. The van der Waals surface area contributed by atoms with E-state index in [0.717, 1.165) is 139 Å². The van der Waals surface area contributed by atoms with Crippen LogP contribution in [0, 0.1) is 11.3 Å². The van der Waals surface area contributed by atoms with E-state index in [0.29, 0.717) is 102 Å². The average molecular weight is 1220 g/mol. The molecular weight excluding hydrogens is 1140 g/mol. The highest BCUT2D eigenvalue weighted by molar-refractivity contribution is 6.36. The highest BCUT2D eigenvalue weighted by atomic mass is 35.5. The number of likely N-dealkylation sites (N-methyl/N-ethyl adjacent to an activating group) is 1. The molecule has 4 saturated heterocycles. The molecule has 22 heteroatoms. The maximum absolute atomic E-state index is 13.4. The number of nitriles is 1. The molecule has 4 atom stereocenters. The third-order valence-corrected chi connectivity index (χ3v) is 17.6. The number of carbonyl (C=O) groups excluding carboxylic acids is 2. The van der Waals surface area contributed by atoms with Crippen LogP contribution >= 0.6 is 11.6 Å². The fraction of sp³-hybridized carbons (Fsp3) is 0.515. The van der Waals surface area contributed by atoms with Crippen molar-refractivity contribution in [2.24, 2.45) is 0 Å². The van der Waals surface area contributed by atoms with Gasteiger partial charge in [0.1, 0.15) is 18.2 Å². The Morgan fingerprint density at radius 3 is 2.43 bits per heavy atom. The van der Waals surface area contributed by atoms with Gasteiger partial charge in [0.15, 0.2) is 17.8 Å². The number of fused-ring (bicyclic) bond motifs is 3. The van der Waals surface area contributed by atoms with Gasteiger partial charge in [0.05, 0.1) is 91.6 Å². The molecule has 0 aliphatic carbocycles. The number of allylic oxidation sites excluding steroid dienone is 1. The van der Waals surface area contributed by atoms with Crippen molar-refractivity contribution in [1.29, 1.82) is 5.26 Å². The van der Waals surface area contributed by atoms with Gasteiger partial charge in [0.25, 0.3) is 5.91 Å². The van der Waals surface area contributed by atoms with Crippen LogP contribution in [0.5, 0.6) is 6.01 Å². The molecule has 3 unspecified atom stereocenters. The van der Waals surface area contributed by atoms with Gasteiger partial charge in [-0.05, 0) is 115 Å². The Hall–Kier alpha value is -7.16. The molecule has 8 heterocycles. The molecule has 3 aromatic heterocycles. The summed E-state index contributed by atoms with van der Waals surface area (Å²) in [6.45, 7) is 23.3. The van der Waals surface area contributed by atoms with Gasteiger partial charge in [-0.15, -0.1) is 0 Å². The monoisotopic (exact) mass is 1220 g/mol. The molecule has 0 bridgehead atoms. The number of pyridine rings is 1. The number of halogens is 2. The van der Waals surface area contributed by atoms with Crippen molar-refractivity contribution in [3.63, 3.8) is 0 Å². The van der Waals surface area contributed by atoms with Gasteiger partial charge in [0.2, 0.25) is 5.95 Å². The van der Waals surface area contributed by atoms with Gasteiger partial charge >= 0.3 is 6.01 Å². The number of morpholine rings is 2. The maximum atomic E-state index is 13.4. The van der Waals surface area contributed by atoms with E-state index in [4.69, 9.17) is 65.0 Å². The van der Waals surface area contributed by atoms with Crippen molar-refractivity contribution in [3.05, 3.63) is 107 Å². The second-order valence-electron chi connectivity index (χ2n) is 24.0. The van der Waals surface area contributed by atoms with Crippen molar-refractivity contribution >= 4 is 68.9 Å². The van der Waals surface area contributed by atoms with E-state index in [9.17, 15) is 14.4 Å². The number of amides is 1. The Morgan fingerprint density at radius 1 is 0.886 bits per heavy atom. The van der Waals surface area contributed by atoms with Crippen LogP contribution in [0.2, 0.25) is 5.02 Å². The lowest BCUT2D eigenvalue weighted by atomic mass is 10.0. The first-order valence-corrected chi connectivity index (χ1v) is 31.3. The topological polar surface area (TPSA) is 200 Å². The molecule has 1 N–H and O–H groups in total. The van der Waals surface area contributed by atoms with E-state index in [1.54, 1.807) is 0 Å². The predicted molar refractivity (Wildman–Crippen MR) is 341 cm³/mol. The van der Waals surface area contributed by atoms with Crippen LogP contribution in [0.15, 0.2) is 85.2 Å². The molecule has 20 nitrogen and oxygen atoms in total. The molecule has 5 aliphatic rings. The Labute approximate surface area is 520 Å². The van der Waals surface area contributed by atoms with Crippen LogP contribution in [0.1, 0.15) is 81.4 Å². The Bertz CT molecular complexity index is 3440. The van der Waals surface area contributed by atoms with Crippen LogP contribution < -0.4 is 29.7 Å². The van der Waals surface area contributed by atoms with E-state index in [1.165, 1.54) is 0 Å².